The van der Waals surface area contributed by atoms with Gasteiger partial charge in [0.05, 0.1) is 12.3 Å². The third-order valence-corrected chi connectivity index (χ3v) is 8.09. The van der Waals surface area contributed by atoms with Crippen molar-refractivity contribution in [3.63, 3.8) is 0 Å². The van der Waals surface area contributed by atoms with Gasteiger partial charge in [-0.3, -0.25) is 14.4 Å². The van der Waals surface area contributed by atoms with E-state index in [0.717, 1.165) is 43.5 Å². The van der Waals surface area contributed by atoms with E-state index in [1.807, 2.05) is 36.4 Å². The van der Waals surface area contributed by atoms with Crippen LogP contribution >= 0.6 is 0 Å². The molecule has 0 aliphatic carbocycles. The van der Waals surface area contributed by atoms with Gasteiger partial charge in [0.1, 0.15) is 11.7 Å². The van der Waals surface area contributed by atoms with Crippen LogP contribution in [0.2, 0.25) is 0 Å². The average Bonchev–Trinajstić information content (AvgIpc) is 3.54. The smallest absolute Gasteiger partial charge is 0.409 e. The number of hydrogen-bond donors (Lipinski definition) is 3. The third-order valence-electron chi connectivity index (χ3n) is 8.09. The summed E-state index contributed by atoms with van der Waals surface area (Å²) in [6.45, 7) is 4.94. The van der Waals surface area contributed by atoms with E-state index in [0.29, 0.717) is 18.8 Å². The second kappa shape index (κ2) is 16.0. The first-order valence-electron chi connectivity index (χ1n) is 15.5. The van der Waals surface area contributed by atoms with Crippen LogP contribution in [-0.4, -0.2) is 107 Å². The summed E-state index contributed by atoms with van der Waals surface area (Å²) < 4.78 is 5.33. The number of hydrogen-bond acceptors (Lipinski definition) is 8. The maximum atomic E-state index is 13.6. The number of carbonyl (C=O) groups is 4. The first kappa shape index (κ1) is 32.7. The van der Waals surface area contributed by atoms with Crippen LogP contribution in [0, 0.1) is 5.92 Å². The van der Waals surface area contributed by atoms with Gasteiger partial charge in [0.2, 0.25) is 5.91 Å². The van der Waals surface area contributed by atoms with Gasteiger partial charge in [-0.2, -0.15) is 0 Å². The van der Waals surface area contributed by atoms with Crippen LogP contribution in [0.4, 0.5) is 10.5 Å². The molecule has 0 bridgehead atoms. The molecular formula is C32H43N5O7. The number of pyridine rings is 1. The highest BCUT2D eigenvalue weighted by Crippen LogP contribution is 2.28. The second-order valence-corrected chi connectivity index (χ2v) is 11.3. The molecule has 2 aliphatic heterocycles. The van der Waals surface area contributed by atoms with E-state index < -0.39 is 29.9 Å². The Morgan fingerprint density at radius 1 is 1.02 bits per heavy atom. The molecule has 1 aromatic carbocycles. The Kier molecular flexibility index (Phi) is 11.9. The summed E-state index contributed by atoms with van der Waals surface area (Å²) in [4.78, 5) is 60.8. The standard InChI is InChI=1S/C32H43N5O7/c1-2-3-7-18-44-32(43)36-16-14-35(15-17-36)31(42)26(10-11-29(39)40)34-30(41)28-20-25(37-13-12-23(21-37)22-38)19-27(33-28)24-8-5-4-6-9-24/h4-6,8-9,19-20,23,26,38H,2-3,7,10-18,21-22H2,1H3,(H,34,41)(H,39,40). The highest BCUT2D eigenvalue weighted by atomic mass is 16.6. The summed E-state index contributed by atoms with van der Waals surface area (Å²) >= 11 is 0. The number of aliphatic carboxylic acids is 1. The number of aliphatic hydroxyl groups excluding tert-OH is 1. The number of ether oxygens (including phenoxy) is 1. The number of carbonyl (C=O) groups excluding carboxylic acids is 3. The monoisotopic (exact) mass is 609 g/mol. The van der Waals surface area contributed by atoms with Crippen molar-refractivity contribution < 1.29 is 34.1 Å². The maximum absolute atomic E-state index is 13.6. The van der Waals surface area contributed by atoms with E-state index in [1.54, 1.807) is 15.9 Å². The number of nitrogens with zero attached hydrogens (tertiary/aromatic N) is 4. The Bertz CT molecular complexity index is 1280. The molecule has 2 fully saturated rings. The molecule has 0 spiro atoms. The number of piperazine rings is 1. The number of aliphatic hydroxyl groups is 1. The second-order valence-electron chi connectivity index (χ2n) is 11.3. The van der Waals surface area contributed by atoms with E-state index in [1.165, 1.54) is 0 Å². The summed E-state index contributed by atoms with van der Waals surface area (Å²) in [5, 5.41) is 21.7. The van der Waals surface area contributed by atoms with Crippen molar-refractivity contribution in [1.29, 1.82) is 0 Å². The Morgan fingerprint density at radius 3 is 2.41 bits per heavy atom. The van der Waals surface area contributed by atoms with Crippen molar-refractivity contribution >= 4 is 29.6 Å². The van der Waals surface area contributed by atoms with E-state index in [9.17, 15) is 29.4 Å². The summed E-state index contributed by atoms with van der Waals surface area (Å²) in [5.74, 6) is -1.92. The van der Waals surface area contributed by atoms with Crippen LogP contribution in [-0.2, 0) is 14.3 Å². The van der Waals surface area contributed by atoms with Gasteiger partial charge in [-0.25, -0.2) is 9.78 Å². The average molecular weight is 610 g/mol. The molecule has 0 saturated carbocycles. The zero-order valence-electron chi connectivity index (χ0n) is 25.3. The summed E-state index contributed by atoms with van der Waals surface area (Å²) in [6, 6.07) is 12.0. The minimum absolute atomic E-state index is 0.0856. The molecule has 12 heteroatoms. The molecule has 2 aromatic rings. The van der Waals surface area contributed by atoms with Crippen molar-refractivity contribution in [2.75, 3.05) is 57.4 Å². The summed E-state index contributed by atoms with van der Waals surface area (Å²) in [5.41, 5.74) is 2.30. The number of carboxylic acids is 1. The van der Waals surface area contributed by atoms with Crippen molar-refractivity contribution in [1.82, 2.24) is 20.1 Å². The molecule has 2 atom stereocenters. The van der Waals surface area contributed by atoms with Gasteiger partial charge in [-0.15, -0.1) is 0 Å². The molecule has 3 heterocycles. The quantitative estimate of drug-likeness (QED) is 0.291. The third kappa shape index (κ3) is 8.91. The predicted molar refractivity (Wildman–Crippen MR) is 164 cm³/mol. The van der Waals surface area contributed by atoms with Crippen LogP contribution in [0.1, 0.15) is 55.9 Å². The van der Waals surface area contributed by atoms with E-state index in [4.69, 9.17) is 4.74 Å². The highest BCUT2D eigenvalue weighted by Gasteiger charge is 2.32. The van der Waals surface area contributed by atoms with E-state index >= 15 is 0 Å². The van der Waals surface area contributed by atoms with Crippen molar-refractivity contribution in [2.45, 2.75) is 51.5 Å². The van der Waals surface area contributed by atoms with Gasteiger partial charge in [0.25, 0.3) is 5.91 Å². The summed E-state index contributed by atoms with van der Waals surface area (Å²) in [6.07, 6.45) is 2.84. The SMILES string of the molecule is CCCCCOC(=O)N1CCN(C(=O)C(CCC(=O)O)NC(=O)c2cc(N3CCC(CO)C3)cc(-c3ccccc3)n2)CC1. The van der Waals surface area contributed by atoms with Crippen LogP contribution in [0.25, 0.3) is 11.3 Å². The number of nitrogens with one attached hydrogen (secondary N) is 1. The van der Waals surface area contributed by atoms with Crippen LogP contribution < -0.4 is 10.2 Å². The lowest BCUT2D eigenvalue weighted by Gasteiger charge is -2.36. The first-order valence-corrected chi connectivity index (χ1v) is 15.5. The largest absolute Gasteiger partial charge is 0.481 e. The van der Waals surface area contributed by atoms with Gasteiger partial charge in [-0.05, 0) is 31.4 Å². The molecule has 2 saturated heterocycles. The molecule has 1 aromatic heterocycles. The van der Waals surface area contributed by atoms with Gasteiger partial charge in [0, 0.05) is 69.5 Å². The molecule has 238 valence electrons. The number of rotatable bonds is 13. The lowest BCUT2D eigenvalue weighted by atomic mass is 10.1. The number of unbranched alkanes of at least 4 members (excludes halogenated alkanes) is 2. The fourth-order valence-corrected chi connectivity index (χ4v) is 5.48. The zero-order chi connectivity index (χ0) is 31.5. The Labute approximate surface area is 258 Å². The first-order chi connectivity index (χ1) is 21.3. The minimum Gasteiger partial charge on any atom is -0.481 e. The highest BCUT2D eigenvalue weighted by molar-refractivity contribution is 5.97. The molecule has 3 amide bonds. The number of benzene rings is 1. The normalized spacial score (nSPS) is 17.3. The van der Waals surface area contributed by atoms with Crippen LogP contribution in [0.5, 0.6) is 0 Å². The Hall–Kier alpha value is -4.19. The van der Waals surface area contributed by atoms with E-state index in [-0.39, 0.29) is 57.2 Å². The van der Waals surface area contributed by atoms with Gasteiger partial charge >= 0.3 is 12.1 Å². The topological polar surface area (TPSA) is 153 Å². The molecule has 4 rings (SSSR count). The maximum Gasteiger partial charge on any atom is 0.409 e. The van der Waals surface area contributed by atoms with Crippen LogP contribution in [0.15, 0.2) is 42.5 Å². The Balaban J connectivity index is 1.48. The lowest BCUT2D eigenvalue weighted by Crippen LogP contribution is -2.56. The number of amides is 3. The van der Waals surface area contributed by atoms with Crippen molar-refractivity contribution in [3.05, 3.63) is 48.2 Å². The molecule has 12 nitrogen and oxygen atoms in total. The van der Waals surface area contributed by atoms with Gasteiger partial charge in [-0.1, -0.05) is 50.1 Å². The molecular weight excluding hydrogens is 566 g/mol. The van der Waals surface area contributed by atoms with Crippen molar-refractivity contribution in [3.8, 4) is 11.3 Å². The molecule has 44 heavy (non-hydrogen) atoms. The fourth-order valence-electron chi connectivity index (χ4n) is 5.48. The summed E-state index contributed by atoms with van der Waals surface area (Å²) in [7, 11) is 0. The Morgan fingerprint density at radius 2 is 1.75 bits per heavy atom. The predicted octanol–water partition coefficient (Wildman–Crippen LogP) is 3.00. The number of carboxylic acid groups (broad SMARTS) is 1. The zero-order valence-corrected chi connectivity index (χ0v) is 25.3. The molecule has 0 radical (unpaired) electrons. The lowest BCUT2D eigenvalue weighted by molar-refractivity contribution is -0.138. The van der Waals surface area contributed by atoms with Gasteiger partial charge in [0.15, 0.2) is 0 Å². The molecule has 3 N–H and O–H groups in total. The van der Waals surface area contributed by atoms with Gasteiger partial charge < -0.3 is 35.0 Å². The van der Waals surface area contributed by atoms with E-state index in [2.05, 4.69) is 22.1 Å². The van der Waals surface area contributed by atoms with Crippen molar-refractivity contribution in [2.24, 2.45) is 5.92 Å². The number of aromatic nitrogens is 1. The fraction of sp³-hybridized carbons (Fsp3) is 0.531. The number of anilines is 1. The minimum atomic E-state index is -1.08. The molecule has 2 unspecified atom stereocenters. The molecule has 2 aliphatic rings. The van der Waals surface area contributed by atoms with Crippen LogP contribution in [0.3, 0.4) is 0 Å².